The van der Waals surface area contributed by atoms with E-state index in [9.17, 15) is 13.6 Å². The SMILES string of the molecule is O=C1C(O)=C2CCCOC2C1(F)F. The topological polar surface area (TPSA) is 46.5 Å². The number of fused-ring (bicyclic) bond motifs is 1. The van der Waals surface area contributed by atoms with Crippen LogP contribution in [0.3, 0.4) is 0 Å². The summed E-state index contributed by atoms with van der Waals surface area (Å²) in [7, 11) is 0. The second kappa shape index (κ2) is 2.51. The van der Waals surface area contributed by atoms with Gasteiger partial charge in [-0.2, -0.15) is 8.78 Å². The maximum atomic E-state index is 13.0. The van der Waals surface area contributed by atoms with Crippen LogP contribution in [0.15, 0.2) is 11.3 Å². The van der Waals surface area contributed by atoms with Crippen LogP contribution in [0.25, 0.3) is 0 Å². The van der Waals surface area contributed by atoms with Crippen molar-refractivity contribution < 1.29 is 23.4 Å². The molecule has 2 aliphatic rings. The minimum atomic E-state index is -3.57. The van der Waals surface area contributed by atoms with E-state index in [4.69, 9.17) is 9.84 Å². The molecule has 13 heavy (non-hydrogen) atoms. The number of hydrogen-bond donors (Lipinski definition) is 1. The minimum absolute atomic E-state index is 0.0567. The van der Waals surface area contributed by atoms with E-state index in [0.717, 1.165) is 0 Å². The van der Waals surface area contributed by atoms with Crippen molar-refractivity contribution in [2.75, 3.05) is 6.61 Å². The lowest BCUT2D eigenvalue weighted by Gasteiger charge is -2.24. The first-order valence-corrected chi connectivity index (χ1v) is 4.01. The van der Waals surface area contributed by atoms with Gasteiger partial charge in [0.15, 0.2) is 11.9 Å². The molecule has 0 aromatic heterocycles. The Morgan fingerprint density at radius 3 is 2.85 bits per heavy atom. The monoisotopic (exact) mass is 190 g/mol. The van der Waals surface area contributed by atoms with Gasteiger partial charge in [0, 0.05) is 12.2 Å². The number of ether oxygens (including phenoxy) is 1. The molecule has 1 atom stereocenters. The molecular formula is C8H8F2O3. The molecule has 0 spiro atoms. The number of rotatable bonds is 0. The molecule has 1 saturated heterocycles. The van der Waals surface area contributed by atoms with Gasteiger partial charge in [0.25, 0.3) is 5.78 Å². The molecule has 1 heterocycles. The lowest BCUT2D eigenvalue weighted by atomic mass is 10.0. The van der Waals surface area contributed by atoms with Gasteiger partial charge in [-0.25, -0.2) is 0 Å². The standard InChI is InChI=1S/C8H8F2O3/c9-8(10)6(12)5(11)4-2-1-3-13-7(4)8/h7,11H,1-3H2. The van der Waals surface area contributed by atoms with E-state index in [1.54, 1.807) is 0 Å². The molecule has 0 radical (unpaired) electrons. The second-order valence-corrected chi connectivity index (χ2v) is 3.18. The largest absolute Gasteiger partial charge is 0.504 e. The van der Waals surface area contributed by atoms with E-state index in [1.165, 1.54) is 0 Å². The molecule has 0 aromatic rings. The van der Waals surface area contributed by atoms with Crippen LogP contribution in [0.5, 0.6) is 0 Å². The van der Waals surface area contributed by atoms with E-state index in [-0.39, 0.29) is 12.2 Å². The minimum Gasteiger partial charge on any atom is -0.504 e. The molecule has 1 fully saturated rings. The van der Waals surface area contributed by atoms with Crippen molar-refractivity contribution in [1.82, 2.24) is 0 Å². The predicted molar refractivity (Wildman–Crippen MR) is 38.6 cm³/mol. The number of aliphatic hydroxyl groups excluding tert-OH is 1. The molecule has 72 valence electrons. The van der Waals surface area contributed by atoms with Crippen LogP contribution >= 0.6 is 0 Å². The van der Waals surface area contributed by atoms with Crippen LogP contribution in [0.2, 0.25) is 0 Å². The Balaban J connectivity index is 2.41. The third kappa shape index (κ3) is 0.997. The third-order valence-electron chi connectivity index (χ3n) is 2.34. The highest BCUT2D eigenvalue weighted by atomic mass is 19.3. The molecule has 2 rings (SSSR count). The molecule has 0 bridgehead atoms. The molecule has 1 aliphatic carbocycles. The van der Waals surface area contributed by atoms with E-state index in [1.807, 2.05) is 0 Å². The fourth-order valence-electron chi connectivity index (χ4n) is 1.68. The van der Waals surface area contributed by atoms with Gasteiger partial charge in [0.1, 0.15) is 0 Å². The molecule has 3 nitrogen and oxygen atoms in total. The number of hydrogen-bond acceptors (Lipinski definition) is 3. The van der Waals surface area contributed by atoms with E-state index < -0.39 is 23.6 Å². The van der Waals surface area contributed by atoms with Gasteiger partial charge in [0.2, 0.25) is 0 Å². The van der Waals surface area contributed by atoms with Crippen LogP contribution in [0.4, 0.5) is 8.78 Å². The van der Waals surface area contributed by atoms with Gasteiger partial charge < -0.3 is 9.84 Å². The number of carbonyl (C=O) groups is 1. The number of carbonyl (C=O) groups excluding carboxylic acids is 1. The Morgan fingerprint density at radius 1 is 1.54 bits per heavy atom. The van der Waals surface area contributed by atoms with Crippen LogP contribution in [-0.2, 0) is 9.53 Å². The summed E-state index contributed by atoms with van der Waals surface area (Å²) in [6.45, 7) is 0.213. The molecule has 5 heteroatoms. The first-order chi connectivity index (χ1) is 6.05. The van der Waals surface area contributed by atoms with Gasteiger partial charge in [-0.3, -0.25) is 4.79 Å². The van der Waals surface area contributed by atoms with Gasteiger partial charge in [0.05, 0.1) is 0 Å². The van der Waals surface area contributed by atoms with Crippen molar-refractivity contribution in [2.45, 2.75) is 24.9 Å². The average Bonchev–Trinajstić information content (AvgIpc) is 2.30. The van der Waals surface area contributed by atoms with Crippen molar-refractivity contribution >= 4 is 5.78 Å². The van der Waals surface area contributed by atoms with E-state index in [0.29, 0.717) is 12.8 Å². The van der Waals surface area contributed by atoms with E-state index >= 15 is 0 Å². The lowest BCUT2D eigenvalue weighted by molar-refractivity contribution is -0.157. The van der Waals surface area contributed by atoms with Crippen LogP contribution in [0, 0.1) is 0 Å². The Morgan fingerprint density at radius 2 is 2.23 bits per heavy atom. The quantitative estimate of drug-likeness (QED) is 0.624. The molecule has 1 aliphatic heterocycles. The summed E-state index contributed by atoms with van der Waals surface area (Å²) in [5, 5.41) is 9.10. The fraction of sp³-hybridized carbons (Fsp3) is 0.625. The number of aliphatic hydroxyl groups is 1. The highest BCUT2D eigenvalue weighted by Crippen LogP contribution is 2.41. The highest BCUT2D eigenvalue weighted by Gasteiger charge is 2.58. The van der Waals surface area contributed by atoms with Crippen LogP contribution < -0.4 is 0 Å². The van der Waals surface area contributed by atoms with Crippen molar-refractivity contribution in [1.29, 1.82) is 0 Å². The summed E-state index contributed by atoms with van der Waals surface area (Å²) in [5.74, 6) is -5.87. The number of allylic oxidation sites excluding steroid dienone is 1. The van der Waals surface area contributed by atoms with Gasteiger partial charge >= 0.3 is 5.92 Å². The van der Waals surface area contributed by atoms with Crippen molar-refractivity contribution in [3.8, 4) is 0 Å². The Bertz CT molecular complexity index is 296. The van der Waals surface area contributed by atoms with Crippen LogP contribution in [-0.4, -0.2) is 29.5 Å². The van der Waals surface area contributed by atoms with Crippen molar-refractivity contribution in [2.24, 2.45) is 0 Å². The second-order valence-electron chi connectivity index (χ2n) is 3.18. The fourth-order valence-corrected chi connectivity index (χ4v) is 1.68. The molecular weight excluding hydrogens is 182 g/mol. The van der Waals surface area contributed by atoms with Gasteiger partial charge in [-0.15, -0.1) is 0 Å². The maximum Gasteiger partial charge on any atom is 0.342 e. The third-order valence-corrected chi connectivity index (χ3v) is 2.34. The number of Topliss-reactive ketones (excluding diaryl/α,β-unsaturated/α-hetero) is 1. The van der Waals surface area contributed by atoms with Crippen molar-refractivity contribution in [3.05, 3.63) is 11.3 Å². The Labute approximate surface area is 73.0 Å². The van der Waals surface area contributed by atoms with Gasteiger partial charge in [-0.05, 0) is 12.8 Å². The zero-order valence-electron chi connectivity index (χ0n) is 6.72. The zero-order chi connectivity index (χ0) is 9.64. The van der Waals surface area contributed by atoms with Crippen molar-refractivity contribution in [3.63, 3.8) is 0 Å². The maximum absolute atomic E-state index is 13.0. The Kier molecular flexibility index (Phi) is 1.66. The summed E-state index contributed by atoms with van der Waals surface area (Å²) in [5.41, 5.74) is 0.0567. The normalized spacial score (nSPS) is 32.2. The molecule has 1 N–H and O–H groups in total. The number of halogens is 2. The van der Waals surface area contributed by atoms with E-state index in [2.05, 4.69) is 0 Å². The molecule has 0 amide bonds. The highest BCUT2D eigenvalue weighted by molar-refractivity contribution is 6.03. The summed E-state index contributed by atoms with van der Waals surface area (Å²) >= 11 is 0. The lowest BCUT2D eigenvalue weighted by Crippen LogP contribution is -2.40. The first kappa shape index (κ1) is 8.62. The number of alkyl halides is 2. The first-order valence-electron chi connectivity index (χ1n) is 4.01. The molecule has 1 unspecified atom stereocenters. The summed E-state index contributed by atoms with van der Waals surface area (Å²) in [6, 6.07) is 0. The number of ketones is 1. The summed E-state index contributed by atoms with van der Waals surface area (Å²) in [4.78, 5) is 10.9. The predicted octanol–water partition coefficient (Wildman–Crippen LogP) is 1.20. The van der Waals surface area contributed by atoms with Crippen LogP contribution in [0.1, 0.15) is 12.8 Å². The van der Waals surface area contributed by atoms with Gasteiger partial charge in [-0.1, -0.05) is 0 Å². The summed E-state index contributed by atoms with van der Waals surface area (Å²) in [6.07, 6.45) is -0.634. The zero-order valence-corrected chi connectivity index (χ0v) is 6.72. The molecule has 0 saturated carbocycles. The summed E-state index contributed by atoms with van der Waals surface area (Å²) < 4.78 is 30.9. The Hall–Kier alpha value is -0.970. The molecule has 0 aromatic carbocycles. The average molecular weight is 190 g/mol. The smallest absolute Gasteiger partial charge is 0.342 e.